The molecule has 29 heavy (non-hydrogen) atoms. The van der Waals surface area contributed by atoms with Gasteiger partial charge in [-0.05, 0) is 42.3 Å². The Kier molecular flexibility index (Phi) is 6.71. The highest BCUT2D eigenvalue weighted by molar-refractivity contribution is 6.04. The summed E-state index contributed by atoms with van der Waals surface area (Å²) in [7, 11) is 0. The van der Waals surface area contributed by atoms with Gasteiger partial charge in [-0.15, -0.1) is 0 Å². The maximum atomic E-state index is 12.3. The fraction of sp³-hybridized carbons (Fsp3) is 0.174. The largest absolute Gasteiger partial charge is 0.352 e. The Labute approximate surface area is 170 Å². The van der Waals surface area contributed by atoms with Gasteiger partial charge in [-0.1, -0.05) is 42.0 Å². The molecule has 0 spiro atoms. The van der Waals surface area contributed by atoms with Crippen molar-refractivity contribution < 1.29 is 9.59 Å². The summed E-state index contributed by atoms with van der Waals surface area (Å²) < 4.78 is 0. The van der Waals surface area contributed by atoms with Gasteiger partial charge in [0.15, 0.2) is 0 Å². The van der Waals surface area contributed by atoms with Gasteiger partial charge < -0.3 is 16.4 Å². The maximum Gasteiger partial charge on any atom is 0.255 e. The standard InChI is InChI=1S/C23H24N4O2/c1-16-3-2-4-17(13-16)15-26-22(28)14-21(24)18-5-7-19(8-6-18)23(29)27-20-9-11-25-12-10-20/h2-13,21H,14-15,24H2,1H3,(H,26,28)(H,25,27,29). The number of anilines is 1. The summed E-state index contributed by atoms with van der Waals surface area (Å²) in [5, 5.41) is 5.70. The molecule has 6 nitrogen and oxygen atoms in total. The van der Waals surface area contributed by atoms with E-state index in [-0.39, 0.29) is 18.2 Å². The van der Waals surface area contributed by atoms with Crippen LogP contribution in [0.25, 0.3) is 0 Å². The van der Waals surface area contributed by atoms with Crippen LogP contribution < -0.4 is 16.4 Å². The summed E-state index contributed by atoms with van der Waals surface area (Å²) in [6.45, 7) is 2.49. The number of rotatable bonds is 7. The highest BCUT2D eigenvalue weighted by Crippen LogP contribution is 2.16. The lowest BCUT2D eigenvalue weighted by Crippen LogP contribution is -2.27. The summed E-state index contributed by atoms with van der Waals surface area (Å²) in [5.41, 5.74) is 10.4. The third kappa shape index (κ3) is 5.99. The second-order valence-electron chi connectivity index (χ2n) is 6.89. The van der Waals surface area contributed by atoms with Gasteiger partial charge >= 0.3 is 0 Å². The number of nitrogens with two attached hydrogens (primary N) is 1. The Hall–Kier alpha value is -3.51. The first-order valence-electron chi connectivity index (χ1n) is 9.40. The van der Waals surface area contributed by atoms with Crippen molar-refractivity contribution in [3.8, 4) is 0 Å². The average Bonchev–Trinajstić information content (AvgIpc) is 2.73. The van der Waals surface area contributed by atoms with E-state index in [0.29, 0.717) is 17.8 Å². The molecule has 3 rings (SSSR count). The maximum absolute atomic E-state index is 12.3. The Bertz CT molecular complexity index is 972. The Morgan fingerprint density at radius 3 is 2.45 bits per heavy atom. The quantitative estimate of drug-likeness (QED) is 0.578. The molecule has 6 heteroatoms. The molecule has 4 N–H and O–H groups in total. The van der Waals surface area contributed by atoms with E-state index < -0.39 is 6.04 Å². The van der Waals surface area contributed by atoms with E-state index in [1.54, 1.807) is 48.8 Å². The zero-order valence-electron chi connectivity index (χ0n) is 16.3. The molecule has 0 bridgehead atoms. The fourth-order valence-electron chi connectivity index (χ4n) is 2.93. The van der Waals surface area contributed by atoms with Gasteiger partial charge in [-0.3, -0.25) is 14.6 Å². The van der Waals surface area contributed by atoms with Crippen LogP contribution in [0, 0.1) is 6.92 Å². The molecule has 0 saturated carbocycles. The van der Waals surface area contributed by atoms with Gasteiger partial charge in [0, 0.05) is 42.7 Å². The number of carbonyl (C=O) groups is 2. The molecule has 0 aliphatic heterocycles. The number of nitrogens with zero attached hydrogens (tertiary/aromatic N) is 1. The van der Waals surface area contributed by atoms with Crippen molar-refractivity contribution in [1.82, 2.24) is 10.3 Å². The van der Waals surface area contributed by atoms with Crippen molar-refractivity contribution in [3.05, 3.63) is 95.3 Å². The van der Waals surface area contributed by atoms with Crippen LogP contribution in [0.2, 0.25) is 0 Å². The molecule has 0 saturated heterocycles. The minimum absolute atomic E-state index is 0.112. The molecule has 148 valence electrons. The Balaban J connectivity index is 1.52. The molecule has 1 heterocycles. The molecule has 1 aromatic heterocycles. The summed E-state index contributed by atoms with van der Waals surface area (Å²) in [4.78, 5) is 28.4. The average molecular weight is 388 g/mol. The van der Waals surface area contributed by atoms with Gasteiger partial charge in [-0.25, -0.2) is 0 Å². The minimum atomic E-state index is -0.440. The lowest BCUT2D eigenvalue weighted by Gasteiger charge is -2.13. The molecular formula is C23H24N4O2. The SMILES string of the molecule is Cc1cccc(CNC(=O)CC(N)c2ccc(C(=O)Nc3ccncc3)cc2)c1. The van der Waals surface area contributed by atoms with Crippen LogP contribution in [0.4, 0.5) is 5.69 Å². The summed E-state index contributed by atoms with van der Waals surface area (Å²) in [5.74, 6) is -0.328. The molecule has 0 aliphatic rings. The topological polar surface area (TPSA) is 97.1 Å². The monoisotopic (exact) mass is 388 g/mol. The van der Waals surface area contributed by atoms with Gasteiger partial charge in [-0.2, -0.15) is 0 Å². The van der Waals surface area contributed by atoms with E-state index in [2.05, 4.69) is 15.6 Å². The fourth-order valence-corrected chi connectivity index (χ4v) is 2.93. The summed E-state index contributed by atoms with van der Waals surface area (Å²) >= 11 is 0. The normalized spacial score (nSPS) is 11.5. The number of hydrogen-bond donors (Lipinski definition) is 3. The predicted octanol–water partition coefficient (Wildman–Crippen LogP) is 3.35. The Morgan fingerprint density at radius 2 is 1.76 bits per heavy atom. The lowest BCUT2D eigenvalue weighted by molar-refractivity contribution is -0.121. The van der Waals surface area contributed by atoms with Crippen LogP contribution in [0.5, 0.6) is 0 Å². The third-order valence-electron chi connectivity index (χ3n) is 4.52. The van der Waals surface area contributed by atoms with Gasteiger partial charge in [0.1, 0.15) is 0 Å². The van der Waals surface area contributed by atoms with E-state index >= 15 is 0 Å². The first kappa shape index (κ1) is 20.2. The van der Waals surface area contributed by atoms with Crippen LogP contribution >= 0.6 is 0 Å². The molecule has 2 amide bonds. The van der Waals surface area contributed by atoms with Crippen molar-refractivity contribution in [3.63, 3.8) is 0 Å². The van der Waals surface area contributed by atoms with Gasteiger partial charge in [0.2, 0.25) is 5.91 Å². The number of nitrogens with one attached hydrogen (secondary N) is 2. The van der Waals surface area contributed by atoms with Crippen LogP contribution in [-0.4, -0.2) is 16.8 Å². The van der Waals surface area contributed by atoms with E-state index in [9.17, 15) is 9.59 Å². The number of hydrogen-bond acceptors (Lipinski definition) is 4. The van der Waals surface area contributed by atoms with Crippen LogP contribution in [0.3, 0.4) is 0 Å². The van der Waals surface area contributed by atoms with E-state index in [0.717, 1.165) is 16.7 Å². The third-order valence-corrected chi connectivity index (χ3v) is 4.52. The van der Waals surface area contributed by atoms with E-state index in [1.165, 1.54) is 0 Å². The molecule has 3 aromatic rings. The smallest absolute Gasteiger partial charge is 0.255 e. The van der Waals surface area contributed by atoms with Crippen molar-refractivity contribution in [1.29, 1.82) is 0 Å². The van der Waals surface area contributed by atoms with Crippen molar-refractivity contribution in [2.45, 2.75) is 25.9 Å². The molecule has 0 aliphatic carbocycles. The number of aryl methyl sites for hydroxylation is 1. The number of benzene rings is 2. The minimum Gasteiger partial charge on any atom is -0.352 e. The van der Waals surface area contributed by atoms with Crippen molar-refractivity contribution in [2.75, 3.05) is 5.32 Å². The molecule has 1 unspecified atom stereocenters. The Morgan fingerprint density at radius 1 is 1.03 bits per heavy atom. The number of aromatic nitrogens is 1. The number of amides is 2. The van der Waals surface area contributed by atoms with Crippen molar-refractivity contribution >= 4 is 17.5 Å². The summed E-state index contributed by atoms with van der Waals surface area (Å²) in [6.07, 6.45) is 3.40. The first-order chi connectivity index (χ1) is 14.0. The summed E-state index contributed by atoms with van der Waals surface area (Å²) in [6, 6.07) is 18.0. The second kappa shape index (κ2) is 9.61. The second-order valence-corrected chi connectivity index (χ2v) is 6.89. The van der Waals surface area contributed by atoms with Crippen LogP contribution in [0.15, 0.2) is 73.1 Å². The lowest BCUT2D eigenvalue weighted by atomic mass is 10.0. The molecule has 1 atom stereocenters. The van der Waals surface area contributed by atoms with Crippen LogP contribution in [0.1, 0.15) is 39.5 Å². The number of pyridine rings is 1. The van der Waals surface area contributed by atoms with Crippen LogP contribution in [-0.2, 0) is 11.3 Å². The van der Waals surface area contributed by atoms with Gasteiger partial charge in [0.25, 0.3) is 5.91 Å². The highest BCUT2D eigenvalue weighted by Gasteiger charge is 2.13. The predicted molar refractivity (Wildman–Crippen MR) is 113 cm³/mol. The first-order valence-corrected chi connectivity index (χ1v) is 9.40. The molecule has 0 radical (unpaired) electrons. The van der Waals surface area contributed by atoms with E-state index in [1.807, 2.05) is 31.2 Å². The number of carbonyl (C=O) groups excluding carboxylic acids is 2. The van der Waals surface area contributed by atoms with Crippen molar-refractivity contribution in [2.24, 2.45) is 5.73 Å². The molecule has 2 aromatic carbocycles. The highest BCUT2D eigenvalue weighted by atomic mass is 16.2. The zero-order chi connectivity index (χ0) is 20.6. The molecule has 0 fully saturated rings. The van der Waals surface area contributed by atoms with Gasteiger partial charge in [0.05, 0.1) is 0 Å². The zero-order valence-corrected chi connectivity index (χ0v) is 16.3. The molecular weight excluding hydrogens is 364 g/mol. The van der Waals surface area contributed by atoms with E-state index in [4.69, 9.17) is 5.73 Å².